The smallest absolute Gasteiger partial charge is 0.150 e. The lowest BCUT2D eigenvalue weighted by molar-refractivity contribution is 0.112. The fraction of sp³-hybridized carbons (Fsp3) is 0. The van der Waals surface area contributed by atoms with Crippen molar-refractivity contribution in [2.24, 2.45) is 0 Å². The van der Waals surface area contributed by atoms with Crippen molar-refractivity contribution in [2.45, 2.75) is 0 Å². The highest BCUT2D eigenvalue weighted by atomic mass is 35.5. The summed E-state index contributed by atoms with van der Waals surface area (Å²) in [5.74, 6) is 0. The molecule has 0 bridgehead atoms. The van der Waals surface area contributed by atoms with E-state index in [0.29, 0.717) is 15.6 Å². The first-order valence-corrected chi connectivity index (χ1v) is 6.89. The second-order valence-electron chi connectivity index (χ2n) is 4.47. The van der Waals surface area contributed by atoms with Crippen molar-refractivity contribution < 1.29 is 4.79 Å². The normalized spacial score (nSPS) is 10.7. The molecule has 0 saturated heterocycles. The van der Waals surface area contributed by atoms with Gasteiger partial charge in [0.2, 0.25) is 0 Å². The molecule has 0 heterocycles. The van der Waals surface area contributed by atoms with Crippen molar-refractivity contribution in [3.63, 3.8) is 0 Å². The maximum atomic E-state index is 11.2. The van der Waals surface area contributed by atoms with Gasteiger partial charge in [0.15, 0.2) is 6.29 Å². The molecule has 0 saturated carbocycles. The quantitative estimate of drug-likeness (QED) is 0.561. The largest absolute Gasteiger partial charge is 0.298 e. The van der Waals surface area contributed by atoms with Crippen LogP contribution in [0.3, 0.4) is 0 Å². The third kappa shape index (κ3) is 2.09. The van der Waals surface area contributed by atoms with Gasteiger partial charge in [-0.1, -0.05) is 71.7 Å². The summed E-state index contributed by atoms with van der Waals surface area (Å²) in [4.78, 5) is 11.2. The summed E-state index contributed by atoms with van der Waals surface area (Å²) in [6.07, 6.45) is 0.841. The number of halogens is 2. The van der Waals surface area contributed by atoms with Crippen LogP contribution in [0.25, 0.3) is 21.9 Å². The first kappa shape index (κ1) is 13.2. The molecule has 0 aliphatic heterocycles. The van der Waals surface area contributed by atoms with E-state index in [1.54, 1.807) is 6.07 Å². The van der Waals surface area contributed by atoms with Gasteiger partial charge >= 0.3 is 0 Å². The van der Waals surface area contributed by atoms with Gasteiger partial charge in [-0.05, 0) is 11.6 Å². The standard InChI is InChI=1S/C17H10Cl2O/c18-16-7-3-6-14-13(16)8-9-15(17(14)19)12-5-2-1-4-11(12)10-20/h1-10H. The molecular weight excluding hydrogens is 291 g/mol. The Bertz CT molecular complexity index is 809. The van der Waals surface area contributed by atoms with Crippen LogP contribution in [-0.4, -0.2) is 6.29 Å². The Morgan fingerprint density at radius 1 is 0.750 bits per heavy atom. The maximum Gasteiger partial charge on any atom is 0.150 e. The molecule has 0 aliphatic rings. The van der Waals surface area contributed by atoms with Crippen molar-refractivity contribution in [1.82, 2.24) is 0 Å². The molecule has 3 rings (SSSR count). The Balaban J connectivity index is 2.33. The molecule has 0 aromatic heterocycles. The second-order valence-corrected chi connectivity index (χ2v) is 5.25. The number of fused-ring (bicyclic) bond motifs is 1. The van der Waals surface area contributed by atoms with E-state index in [1.165, 1.54) is 0 Å². The third-order valence-corrected chi connectivity index (χ3v) is 4.06. The third-order valence-electron chi connectivity index (χ3n) is 3.32. The van der Waals surface area contributed by atoms with Crippen molar-refractivity contribution in [3.8, 4) is 11.1 Å². The predicted molar refractivity (Wildman–Crippen MR) is 84.8 cm³/mol. The van der Waals surface area contributed by atoms with Gasteiger partial charge in [-0.2, -0.15) is 0 Å². The van der Waals surface area contributed by atoms with Gasteiger partial charge < -0.3 is 0 Å². The lowest BCUT2D eigenvalue weighted by atomic mass is 9.97. The van der Waals surface area contributed by atoms with E-state index >= 15 is 0 Å². The van der Waals surface area contributed by atoms with Gasteiger partial charge in [0.05, 0.1) is 5.02 Å². The highest BCUT2D eigenvalue weighted by Gasteiger charge is 2.11. The summed E-state index contributed by atoms with van der Waals surface area (Å²) in [5.41, 5.74) is 2.29. The molecule has 0 N–H and O–H groups in total. The average molecular weight is 301 g/mol. The minimum Gasteiger partial charge on any atom is -0.298 e. The number of hydrogen-bond donors (Lipinski definition) is 0. The van der Waals surface area contributed by atoms with Gasteiger partial charge in [0, 0.05) is 26.9 Å². The van der Waals surface area contributed by atoms with Gasteiger partial charge in [-0.15, -0.1) is 0 Å². The fourth-order valence-electron chi connectivity index (χ4n) is 2.34. The molecule has 0 fully saturated rings. The molecule has 0 amide bonds. The van der Waals surface area contributed by atoms with E-state index in [1.807, 2.05) is 48.5 Å². The molecule has 3 aromatic carbocycles. The molecule has 0 radical (unpaired) electrons. The Labute approximate surface area is 126 Å². The summed E-state index contributed by atoms with van der Waals surface area (Å²) in [7, 11) is 0. The van der Waals surface area contributed by atoms with E-state index in [2.05, 4.69) is 0 Å². The van der Waals surface area contributed by atoms with Crippen LogP contribution in [0, 0.1) is 0 Å². The van der Waals surface area contributed by atoms with E-state index in [-0.39, 0.29) is 0 Å². The van der Waals surface area contributed by atoms with Gasteiger partial charge in [0.1, 0.15) is 0 Å². The summed E-state index contributed by atoms with van der Waals surface area (Å²) in [5, 5.41) is 3.07. The van der Waals surface area contributed by atoms with Gasteiger partial charge in [0.25, 0.3) is 0 Å². The van der Waals surface area contributed by atoms with Crippen LogP contribution in [0.2, 0.25) is 10.0 Å². The Morgan fingerprint density at radius 2 is 1.55 bits per heavy atom. The van der Waals surface area contributed by atoms with Crippen LogP contribution in [0.15, 0.2) is 54.6 Å². The van der Waals surface area contributed by atoms with Crippen LogP contribution >= 0.6 is 23.2 Å². The summed E-state index contributed by atoms with van der Waals surface area (Å²) in [6, 6.07) is 16.9. The Morgan fingerprint density at radius 3 is 2.35 bits per heavy atom. The van der Waals surface area contributed by atoms with Gasteiger partial charge in [-0.3, -0.25) is 4.79 Å². The number of hydrogen-bond acceptors (Lipinski definition) is 1. The van der Waals surface area contributed by atoms with Crippen molar-refractivity contribution in [3.05, 3.63) is 70.2 Å². The number of carbonyl (C=O) groups excluding carboxylic acids is 1. The maximum absolute atomic E-state index is 11.2. The monoisotopic (exact) mass is 300 g/mol. The van der Waals surface area contributed by atoms with Crippen LogP contribution < -0.4 is 0 Å². The van der Waals surface area contributed by atoms with Crippen molar-refractivity contribution in [1.29, 1.82) is 0 Å². The zero-order valence-electron chi connectivity index (χ0n) is 10.4. The molecule has 0 atom stereocenters. The minimum atomic E-state index is 0.610. The Hall–Kier alpha value is -1.83. The zero-order valence-corrected chi connectivity index (χ0v) is 11.9. The van der Waals surface area contributed by atoms with E-state index in [0.717, 1.165) is 28.2 Å². The summed E-state index contributed by atoms with van der Waals surface area (Å²) in [6.45, 7) is 0. The van der Waals surface area contributed by atoms with Crippen molar-refractivity contribution in [2.75, 3.05) is 0 Å². The van der Waals surface area contributed by atoms with Crippen LogP contribution in [0.4, 0.5) is 0 Å². The van der Waals surface area contributed by atoms with E-state index < -0.39 is 0 Å². The molecule has 98 valence electrons. The van der Waals surface area contributed by atoms with Crippen LogP contribution in [0.5, 0.6) is 0 Å². The number of carbonyl (C=O) groups is 1. The lowest BCUT2D eigenvalue weighted by Crippen LogP contribution is -1.89. The van der Waals surface area contributed by atoms with E-state index in [9.17, 15) is 4.79 Å². The average Bonchev–Trinajstić information content (AvgIpc) is 2.48. The molecule has 3 heteroatoms. The highest BCUT2D eigenvalue weighted by molar-refractivity contribution is 6.41. The SMILES string of the molecule is O=Cc1ccccc1-c1ccc2c(Cl)cccc2c1Cl. The molecule has 3 aromatic rings. The number of aldehydes is 1. The van der Waals surface area contributed by atoms with Crippen LogP contribution in [0.1, 0.15) is 10.4 Å². The topological polar surface area (TPSA) is 17.1 Å². The fourth-order valence-corrected chi connectivity index (χ4v) is 2.90. The van der Waals surface area contributed by atoms with Crippen LogP contribution in [-0.2, 0) is 0 Å². The molecule has 20 heavy (non-hydrogen) atoms. The molecule has 0 spiro atoms. The molecule has 1 nitrogen and oxygen atoms in total. The minimum absolute atomic E-state index is 0.610. The highest BCUT2D eigenvalue weighted by Crippen LogP contribution is 2.37. The molecule has 0 aliphatic carbocycles. The number of benzene rings is 3. The Kier molecular flexibility index (Phi) is 3.47. The first-order chi connectivity index (χ1) is 9.72. The molecule has 0 unspecified atom stereocenters. The first-order valence-electron chi connectivity index (χ1n) is 6.13. The van der Waals surface area contributed by atoms with Gasteiger partial charge in [-0.25, -0.2) is 0 Å². The van der Waals surface area contributed by atoms with E-state index in [4.69, 9.17) is 23.2 Å². The predicted octanol–water partition coefficient (Wildman–Crippen LogP) is 5.63. The second kappa shape index (κ2) is 5.28. The summed E-state index contributed by atoms with van der Waals surface area (Å²) >= 11 is 12.7. The summed E-state index contributed by atoms with van der Waals surface area (Å²) < 4.78 is 0. The van der Waals surface area contributed by atoms with Crippen molar-refractivity contribution >= 4 is 40.3 Å². The number of rotatable bonds is 2. The molecular formula is C17H10Cl2O. The zero-order chi connectivity index (χ0) is 14.1. The lowest BCUT2D eigenvalue weighted by Gasteiger charge is -2.10.